The topological polar surface area (TPSA) is 78.1 Å². The fourth-order valence-corrected chi connectivity index (χ4v) is 2.80. The number of rotatable bonds is 2. The molecule has 0 aliphatic carbocycles. The number of H-pyrrole nitrogens is 1. The summed E-state index contributed by atoms with van der Waals surface area (Å²) in [6, 6.07) is 7.40. The quantitative estimate of drug-likeness (QED) is 0.864. The third-order valence-corrected chi connectivity index (χ3v) is 3.73. The van der Waals surface area contributed by atoms with Gasteiger partial charge in [-0.2, -0.15) is 0 Å². The van der Waals surface area contributed by atoms with Crippen LogP contribution >= 0.6 is 0 Å². The molecule has 1 aliphatic heterocycles. The number of aromatic nitrogens is 2. The van der Waals surface area contributed by atoms with E-state index in [1.54, 1.807) is 6.07 Å². The number of nitrogens with one attached hydrogen (secondary N) is 2. The molecule has 1 aromatic heterocycles. The monoisotopic (exact) mass is 286 g/mol. The van der Waals surface area contributed by atoms with Gasteiger partial charge in [0.1, 0.15) is 0 Å². The van der Waals surface area contributed by atoms with Crippen LogP contribution in [0.4, 0.5) is 5.95 Å². The number of piperidine rings is 1. The Kier molecular flexibility index (Phi) is 3.60. The number of amides is 1. The maximum Gasteiger partial charge on any atom is 0.260 e. The normalized spacial score (nSPS) is 18.7. The van der Waals surface area contributed by atoms with Gasteiger partial charge in [-0.3, -0.25) is 14.6 Å². The molecule has 6 nitrogen and oxygen atoms in total. The van der Waals surface area contributed by atoms with Gasteiger partial charge in [0.25, 0.3) is 5.56 Å². The highest BCUT2D eigenvalue weighted by molar-refractivity contribution is 5.78. The zero-order chi connectivity index (χ0) is 14.8. The van der Waals surface area contributed by atoms with Crippen molar-refractivity contribution in [3.8, 4) is 0 Å². The minimum Gasteiger partial charge on any atom is -0.352 e. The van der Waals surface area contributed by atoms with Gasteiger partial charge in [-0.05, 0) is 25.0 Å². The Morgan fingerprint density at radius 1 is 1.43 bits per heavy atom. The van der Waals surface area contributed by atoms with Crippen LogP contribution in [-0.4, -0.2) is 35.0 Å². The average molecular weight is 286 g/mol. The van der Waals surface area contributed by atoms with E-state index in [0.717, 1.165) is 19.4 Å². The molecule has 1 aromatic carbocycles. The lowest BCUT2D eigenvalue weighted by molar-refractivity contribution is -0.119. The second-order valence-corrected chi connectivity index (χ2v) is 5.39. The van der Waals surface area contributed by atoms with Crippen molar-refractivity contribution in [1.29, 1.82) is 0 Å². The van der Waals surface area contributed by atoms with Gasteiger partial charge in [-0.25, -0.2) is 4.98 Å². The first-order valence-electron chi connectivity index (χ1n) is 7.14. The van der Waals surface area contributed by atoms with Gasteiger partial charge in [0.15, 0.2) is 0 Å². The molecule has 0 saturated carbocycles. The Labute approximate surface area is 122 Å². The highest BCUT2D eigenvalue weighted by Crippen LogP contribution is 2.17. The number of fused-ring (bicyclic) bond motifs is 1. The lowest BCUT2D eigenvalue weighted by atomic mass is 10.1. The molecule has 1 fully saturated rings. The van der Waals surface area contributed by atoms with E-state index >= 15 is 0 Å². The summed E-state index contributed by atoms with van der Waals surface area (Å²) in [6.07, 6.45) is 1.91. The Hall–Kier alpha value is -2.37. The van der Waals surface area contributed by atoms with Crippen LogP contribution in [0.1, 0.15) is 19.8 Å². The molecule has 6 heteroatoms. The average Bonchev–Trinajstić information content (AvgIpc) is 2.47. The van der Waals surface area contributed by atoms with Gasteiger partial charge in [0.2, 0.25) is 11.9 Å². The van der Waals surface area contributed by atoms with Crippen LogP contribution in [-0.2, 0) is 4.79 Å². The fraction of sp³-hybridized carbons (Fsp3) is 0.400. The molecule has 0 spiro atoms. The van der Waals surface area contributed by atoms with E-state index in [1.165, 1.54) is 6.92 Å². The Balaban J connectivity index is 1.89. The Morgan fingerprint density at radius 3 is 3.05 bits per heavy atom. The predicted octanol–water partition coefficient (Wildman–Crippen LogP) is 1.03. The smallest absolute Gasteiger partial charge is 0.260 e. The number of benzene rings is 1. The van der Waals surface area contributed by atoms with Crippen LogP contribution in [0.15, 0.2) is 29.1 Å². The standard InChI is InChI=1S/C15H18N4O2/c1-10(20)16-11-5-4-8-19(9-11)15-17-13-7-3-2-6-12(13)14(21)18-15/h2-3,6-7,11H,4-5,8-9H2,1H3,(H,16,20)(H,17,18,21). The third kappa shape index (κ3) is 2.89. The van der Waals surface area contributed by atoms with Crippen molar-refractivity contribution in [1.82, 2.24) is 15.3 Å². The third-order valence-electron chi connectivity index (χ3n) is 3.73. The van der Waals surface area contributed by atoms with Crippen LogP contribution in [0.3, 0.4) is 0 Å². The van der Waals surface area contributed by atoms with Crippen LogP contribution in [0.5, 0.6) is 0 Å². The van der Waals surface area contributed by atoms with Crippen molar-refractivity contribution in [3.63, 3.8) is 0 Å². The second kappa shape index (κ2) is 5.55. The predicted molar refractivity (Wildman–Crippen MR) is 81.4 cm³/mol. The molecule has 110 valence electrons. The van der Waals surface area contributed by atoms with Gasteiger partial charge in [-0.15, -0.1) is 0 Å². The van der Waals surface area contributed by atoms with Crippen molar-refractivity contribution in [2.45, 2.75) is 25.8 Å². The fourth-order valence-electron chi connectivity index (χ4n) is 2.80. The van der Waals surface area contributed by atoms with E-state index in [2.05, 4.69) is 15.3 Å². The number of anilines is 1. The van der Waals surface area contributed by atoms with Gasteiger partial charge < -0.3 is 10.2 Å². The SMILES string of the molecule is CC(=O)NC1CCCN(c2nc3ccccc3c(=O)[nH]2)C1. The molecule has 1 saturated heterocycles. The maximum atomic E-state index is 12.1. The summed E-state index contributed by atoms with van der Waals surface area (Å²) in [5.74, 6) is 0.551. The van der Waals surface area contributed by atoms with E-state index in [0.29, 0.717) is 23.4 Å². The second-order valence-electron chi connectivity index (χ2n) is 5.39. The Morgan fingerprint density at radius 2 is 2.24 bits per heavy atom. The summed E-state index contributed by atoms with van der Waals surface area (Å²) in [7, 11) is 0. The molecule has 21 heavy (non-hydrogen) atoms. The van der Waals surface area contributed by atoms with Crippen molar-refractivity contribution >= 4 is 22.8 Å². The first kappa shape index (κ1) is 13.6. The number of aromatic amines is 1. The molecule has 1 aliphatic rings. The highest BCUT2D eigenvalue weighted by atomic mass is 16.1. The van der Waals surface area contributed by atoms with Crippen molar-refractivity contribution < 1.29 is 4.79 Å². The van der Waals surface area contributed by atoms with E-state index in [9.17, 15) is 9.59 Å². The minimum absolute atomic E-state index is 0.0261. The number of nitrogens with zero attached hydrogens (tertiary/aromatic N) is 2. The van der Waals surface area contributed by atoms with Crippen LogP contribution in [0, 0.1) is 0 Å². The largest absolute Gasteiger partial charge is 0.352 e. The van der Waals surface area contributed by atoms with Gasteiger partial charge in [0.05, 0.1) is 10.9 Å². The van der Waals surface area contributed by atoms with Gasteiger partial charge >= 0.3 is 0 Å². The molecule has 3 rings (SSSR count). The number of carbonyl (C=O) groups excluding carboxylic acids is 1. The molecule has 1 amide bonds. The number of para-hydroxylation sites is 1. The van der Waals surface area contributed by atoms with Crippen LogP contribution < -0.4 is 15.8 Å². The zero-order valence-electron chi connectivity index (χ0n) is 11.9. The summed E-state index contributed by atoms with van der Waals surface area (Å²) in [6.45, 7) is 3.02. The summed E-state index contributed by atoms with van der Waals surface area (Å²) in [4.78, 5) is 32.7. The van der Waals surface area contributed by atoms with Gasteiger partial charge in [-0.1, -0.05) is 12.1 Å². The molecule has 1 atom stereocenters. The molecular weight excluding hydrogens is 268 g/mol. The molecule has 0 bridgehead atoms. The molecular formula is C15H18N4O2. The molecule has 2 N–H and O–H groups in total. The van der Waals surface area contributed by atoms with Crippen molar-refractivity contribution in [2.24, 2.45) is 0 Å². The van der Waals surface area contributed by atoms with Gasteiger partial charge in [0, 0.05) is 26.1 Å². The first-order chi connectivity index (χ1) is 10.1. The van der Waals surface area contributed by atoms with E-state index in [-0.39, 0.29) is 17.5 Å². The highest BCUT2D eigenvalue weighted by Gasteiger charge is 2.22. The molecule has 1 unspecified atom stereocenters. The zero-order valence-corrected chi connectivity index (χ0v) is 11.9. The van der Waals surface area contributed by atoms with E-state index < -0.39 is 0 Å². The van der Waals surface area contributed by atoms with Crippen molar-refractivity contribution in [2.75, 3.05) is 18.0 Å². The van der Waals surface area contributed by atoms with Crippen LogP contribution in [0.25, 0.3) is 10.9 Å². The molecule has 0 radical (unpaired) electrons. The van der Waals surface area contributed by atoms with E-state index in [1.807, 2.05) is 23.1 Å². The number of hydrogen-bond acceptors (Lipinski definition) is 4. The van der Waals surface area contributed by atoms with Crippen LogP contribution in [0.2, 0.25) is 0 Å². The lowest BCUT2D eigenvalue weighted by Gasteiger charge is -2.33. The maximum absolute atomic E-state index is 12.1. The molecule has 2 aromatic rings. The van der Waals surface area contributed by atoms with Crippen molar-refractivity contribution in [3.05, 3.63) is 34.6 Å². The first-order valence-corrected chi connectivity index (χ1v) is 7.14. The van der Waals surface area contributed by atoms with E-state index in [4.69, 9.17) is 0 Å². The Bertz CT molecular complexity index is 725. The number of hydrogen-bond donors (Lipinski definition) is 2. The minimum atomic E-state index is -0.128. The summed E-state index contributed by atoms with van der Waals surface area (Å²) in [5, 5.41) is 3.53. The summed E-state index contributed by atoms with van der Waals surface area (Å²) >= 11 is 0. The molecule has 2 heterocycles. The number of carbonyl (C=O) groups is 1. The lowest BCUT2D eigenvalue weighted by Crippen LogP contribution is -2.48. The summed E-state index contributed by atoms with van der Waals surface area (Å²) in [5.41, 5.74) is 0.565. The summed E-state index contributed by atoms with van der Waals surface area (Å²) < 4.78 is 0.